The second kappa shape index (κ2) is 5.63. The van der Waals surface area contributed by atoms with Gasteiger partial charge in [-0.05, 0) is 42.8 Å². The Kier molecular flexibility index (Phi) is 3.51. The summed E-state index contributed by atoms with van der Waals surface area (Å²) in [4.78, 5) is 16.1. The molecule has 0 spiro atoms. The van der Waals surface area contributed by atoms with Crippen molar-refractivity contribution in [1.82, 2.24) is 9.55 Å². The van der Waals surface area contributed by atoms with Gasteiger partial charge in [0, 0.05) is 18.1 Å². The molecular weight excluding hydrogens is 264 g/mol. The monoisotopic (exact) mass is 278 g/mol. The van der Waals surface area contributed by atoms with Gasteiger partial charge >= 0.3 is 5.97 Å². The summed E-state index contributed by atoms with van der Waals surface area (Å²) in [6.45, 7) is 1.89. The molecule has 0 amide bonds. The number of imidazole rings is 1. The maximum absolute atomic E-state index is 12.1. The van der Waals surface area contributed by atoms with Crippen molar-refractivity contribution >= 4 is 5.97 Å². The quantitative estimate of drug-likeness (QED) is 0.545. The number of aryl methyl sites for hydroxylation is 1. The van der Waals surface area contributed by atoms with Crippen LogP contribution in [0.15, 0.2) is 67.3 Å². The summed E-state index contributed by atoms with van der Waals surface area (Å²) in [5.41, 5.74) is 2.44. The molecule has 0 aliphatic carbocycles. The molecule has 0 aliphatic rings. The van der Waals surface area contributed by atoms with Crippen molar-refractivity contribution < 1.29 is 9.53 Å². The van der Waals surface area contributed by atoms with Crippen LogP contribution in [-0.2, 0) is 0 Å². The molecule has 2 aromatic carbocycles. The van der Waals surface area contributed by atoms with Crippen LogP contribution in [0.1, 0.15) is 15.9 Å². The number of carbonyl (C=O) groups excluding carboxylic acids is 1. The van der Waals surface area contributed by atoms with Crippen LogP contribution < -0.4 is 4.74 Å². The molecule has 0 bridgehead atoms. The van der Waals surface area contributed by atoms with Gasteiger partial charge in [-0.25, -0.2) is 9.78 Å². The van der Waals surface area contributed by atoms with Crippen LogP contribution in [-0.4, -0.2) is 15.5 Å². The molecule has 1 aromatic heterocycles. The first-order chi connectivity index (χ1) is 10.2. The predicted octanol–water partition coefficient (Wildman–Crippen LogP) is 3.40. The molecule has 21 heavy (non-hydrogen) atoms. The van der Waals surface area contributed by atoms with E-state index in [1.807, 2.05) is 48.0 Å². The van der Waals surface area contributed by atoms with Crippen molar-refractivity contribution in [3.8, 4) is 11.4 Å². The van der Waals surface area contributed by atoms with Gasteiger partial charge in [-0.3, -0.25) is 0 Å². The molecule has 4 heteroatoms. The van der Waals surface area contributed by atoms with E-state index in [1.54, 1.807) is 30.7 Å². The van der Waals surface area contributed by atoms with Crippen molar-refractivity contribution in [3.63, 3.8) is 0 Å². The molecule has 0 atom stereocenters. The van der Waals surface area contributed by atoms with E-state index >= 15 is 0 Å². The fourth-order valence-corrected chi connectivity index (χ4v) is 2.06. The largest absolute Gasteiger partial charge is 0.423 e. The maximum atomic E-state index is 12.1. The number of hydrogen-bond donors (Lipinski definition) is 0. The van der Waals surface area contributed by atoms with Crippen molar-refractivity contribution in [2.45, 2.75) is 6.92 Å². The molecular formula is C17H14N2O2. The minimum absolute atomic E-state index is 0.344. The Balaban J connectivity index is 1.77. The molecule has 0 N–H and O–H groups in total. The molecule has 104 valence electrons. The molecule has 0 unspecified atom stereocenters. The Morgan fingerprint density at radius 1 is 1.10 bits per heavy atom. The van der Waals surface area contributed by atoms with Crippen LogP contribution in [0.4, 0.5) is 0 Å². The van der Waals surface area contributed by atoms with E-state index in [9.17, 15) is 4.79 Å². The number of carbonyl (C=O) groups is 1. The van der Waals surface area contributed by atoms with E-state index in [1.165, 1.54) is 0 Å². The Bertz CT molecular complexity index is 747. The highest BCUT2D eigenvalue weighted by molar-refractivity contribution is 5.92. The van der Waals surface area contributed by atoms with E-state index in [2.05, 4.69) is 4.98 Å². The van der Waals surface area contributed by atoms with Gasteiger partial charge in [-0.1, -0.05) is 18.2 Å². The first-order valence-corrected chi connectivity index (χ1v) is 6.60. The minimum Gasteiger partial charge on any atom is -0.423 e. The third-order valence-corrected chi connectivity index (χ3v) is 3.21. The van der Waals surface area contributed by atoms with Gasteiger partial charge in [0.15, 0.2) is 0 Å². The molecule has 0 fully saturated rings. The van der Waals surface area contributed by atoms with Gasteiger partial charge in [-0.15, -0.1) is 0 Å². The molecule has 0 saturated heterocycles. The molecule has 0 aliphatic heterocycles. The number of ether oxygens (including phenoxy) is 1. The summed E-state index contributed by atoms with van der Waals surface area (Å²) in [7, 11) is 0. The van der Waals surface area contributed by atoms with E-state index in [0.29, 0.717) is 11.3 Å². The lowest BCUT2D eigenvalue weighted by atomic mass is 10.1. The zero-order valence-electron chi connectivity index (χ0n) is 11.6. The zero-order valence-corrected chi connectivity index (χ0v) is 11.6. The van der Waals surface area contributed by atoms with Crippen molar-refractivity contribution in [3.05, 3.63) is 78.4 Å². The first kappa shape index (κ1) is 13.1. The van der Waals surface area contributed by atoms with Crippen LogP contribution >= 0.6 is 0 Å². The maximum Gasteiger partial charge on any atom is 0.343 e. The van der Waals surface area contributed by atoms with E-state index in [-0.39, 0.29) is 5.97 Å². The Morgan fingerprint density at radius 2 is 1.86 bits per heavy atom. The lowest BCUT2D eigenvalue weighted by Crippen LogP contribution is -2.10. The van der Waals surface area contributed by atoms with E-state index < -0.39 is 0 Å². The molecule has 4 nitrogen and oxygen atoms in total. The Morgan fingerprint density at radius 3 is 2.52 bits per heavy atom. The Labute approximate surface area is 122 Å². The zero-order chi connectivity index (χ0) is 14.7. The van der Waals surface area contributed by atoms with E-state index in [4.69, 9.17) is 4.74 Å². The third-order valence-electron chi connectivity index (χ3n) is 3.21. The topological polar surface area (TPSA) is 44.1 Å². The molecule has 0 radical (unpaired) electrons. The van der Waals surface area contributed by atoms with Gasteiger partial charge in [0.05, 0.1) is 11.9 Å². The SMILES string of the molecule is Cc1ccccc1C(=O)Oc1ccc(-n2ccnc2)cc1. The lowest BCUT2D eigenvalue weighted by molar-refractivity contribution is 0.0734. The first-order valence-electron chi connectivity index (χ1n) is 6.60. The second-order valence-corrected chi connectivity index (χ2v) is 4.67. The van der Waals surface area contributed by atoms with Gasteiger partial charge in [0.25, 0.3) is 0 Å². The standard InChI is InChI=1S/C17H14N2O2/c1-13-4-2-3-5-16(13)17(20)21-15-8-6-14(7-9-15)19-11-10-18-12-19/h2-12H,1H3. The Hall–Kier alpha value is -2.88. The van der Waals surface area contributed by atoms with Crippen LogP contribution in [0.25, 0.3) is 5.69 Å². The fourth-order valence-electron chi connectivity index (χ4n) is 2.06. The number of esters is 1. The van der Waals surface area contributed by atoms with Crippen molar-refractivity contribution in [2.75, 3.05) is 0 Å². The van der Waals surface area contributed by atoms with Crippen LogP contribution in [0, 0.1) is 6.92 Å². The second-order valence-electron chi connectivity index (χ2n) is 4.67. The summed E-state index contributed by atoms with van der Waals surface area (Å²) in [5, 5.41) is 0. The number of rotatable bonds is 3. The third kappa shape index (κ3) is 2.84. The summed E-state index contributed by atoms with van der Waals surface area (Å²) in [6.07, 6.45) is 5.29. The highest BCUT2D eigenvalue weighted by Crippen LogP contribution is 2.17. The summed E-state index contributed by atoms with van der Waals surface area (Å²) in [6, 6.07) is 14.7. The predicted molar refractivity (Wildman–Crippen MR) is 79.7 cm³/mol. The van der Waals surface area contributed by atoms with Gasteiger partial charge in [-0.2, -0.15) is 0 Å². The molecule has 3 aromatic rings. The van der Waals surface area contributed by atoms with Crippen molar-refractivity contribution in [2.24, 2.45) is 0 Å². The van der Waals surface area contributed by atoms with Crippen LogP contribution in [0.5, 0.6) is 5.75 Å². The minimum atomic E-state index is -0.344. The number of nitrogens with zero attached hydrogens (tertiary/aromatic N) is 2. The number of benzene rings is 2. The number of aromatic nitrogens is 2. The summed E-state index contributed by atoms with van der Waals surface area (Å²) in [5.74, 6) is 0.176. The fraction of sp³-hybridized carbons (Fsp3) is 0.0588. The van der Waals surface area contributed by atoms with Crippen LogP contribution in [0.2, 0.25) is 0 Å². The highest BCUT2D eigenvalue weighted by atomic mass is 16.5. The van der Waals surface area contributed by atoms with Gasteiger partial charge in [0.2, 0.25) is 0 Å². The normalized spacial score (nSPS) is 10.3. The highest BCUT2D eigenvalue weighted by Gasteiger charge is 2.10. The average molecular weight is 278 g/mol. The van der Waals surface area contributed by atoms with Crippen molar-refractivity contribution in [1.29, 1.82) is 0 Å². The van der Waals surface area contributed by atoms with Crippen LogP contribution in [0.3, 0.4) is 0 Å². The van der Waals surface area contributed by atoms with Gasteiger partial charge in [0.1, 0.15) is 5.75 Å². The number of hydrogen-bond acceptors (Lipinski definition) is 3. The average Bonchev–Trinajstić information content (AvgIpc) is 3.02. The molecule has 0 saturated carbocycles. The van der Waals surface area contributed by atoms with Gasteiger partial charge < -0.3 is 9.30 Å². The lowest BCUT2D eigenvalue weighted by Gasteiger charge is -2.07. The smallest absolute Gasteiger partial charge is 0.343 e. The van der Waals surface area contributed by atoms with E-state index in [0.717, 1.165) is 11.3 Å². The summed E-state index contributed by atoms with van der Waals surface area (Å²) >= 11 is 0. The summed E-state index contributed by atoms with van der Waals surface area (Å²) < 4.78 is 7.27. The molecule has 3 rings (SSSR count). The molecule has 1 heterocycles.